The zero-order valence-corrected chi connectivity index (χ0v) is 18.3. The fourth-order valence-electron chi connectivity index (χ4n) is 4.09. The molecule has 0 aliphatic carbocycles. The summed E-state index contributed by atoms with van der Waals surface area (Å²) in [5.41, 5.74) is 1.81. The van der Waals surface area contributed by atoms with Crippen LogP contribution < -0.4 is 15.5 Å². The highest BCUT2D eigenvalue weighted by Crippen LogP contribution is 2.30. The maximum Gasteiger partial charge on any atom is 0.319 e. The minimum absolute atomic E-state index is 0.0697. The molecule has 1 aromatic heterocycles. The van der Waals surface area contributed by atoms with Gasteiger partial charge in [-0.15, -0.1) is 11.3 Å². The predicted molar refractivity (Wildman–Crippen MR) is 125 cm³/mol. The fourth-order valence-corrected chi connectivity index (χ4v) is 5.05. The zero-order valence-electron chi connectivity index (χ0n) is 17.5. The quantitative estimate of drug-likeness (QED) is 0.572. The molecule has 7 heteroatoms. The van der Waals surface area contributed by atoms with E-state index in [0.29, 0.717) is 0 Å². The van der Waals surface area contributed by atoms with Gasteiger partial charge in [-0.1, -0.05) is 24.3 Å². The smallest absolute Gasteiger partial charge is 0.319 e. The van der Waals surface area contributed by atoms with Gasteiger partial charge >= 0.3 is 6.03 Å². The van der Waals surface area contributed by atoms with Crippen LogP contribution in [-0.4, -0.2) is 43.2 Å². The van der Waals surface area contributed by atoms with Crippen molar-refractivity contribution in [2.75, 3.05) is 36.4 Å². The second-order valence-electron chi connectivity index (χ2n) is 7.71. The lowest BCUT2D eigenvalue weighted by Crippen LogP contribution is -2.52. The van der Waals surface area contributed by atoms with Gasteiger partial charge in [0.25, 0.3) is 0 Å². The highest BCUT2D eigenvalue weighted by atomic mass is 32.1. The zero-order chi connectivity index (χ0) is 21.6. The van der Waals surface area contributed by atoms with E-state index in [-0.39, 0.29) is 23.9 Å². The van der Waals surface area contributed by atoms with Gasteiger partial charge in [-0.2, -0.15) is 0 Å². The number of anilines is 2. The van der Waals surface area contributed by atoms with Crippen LogP contribution in [0, 0.1) is 5.82 Å². The molecule has 2 N–H and O–H groups in total. The van der Waals surface area contributed by atoms with Crippen molar-refractivity contribution in [2.45, 2.75) is 19.0 Å². The van der Waals surface area contributed by atoms with Gasteiger partial charge in [0.2, 0.25) is 0 Å². The van der Waals surface area contributed by atoms with Crippen LogP contribution in [0.1, 0.15) is 17.8 Å². The molecule has 2 aromatic carbocycles. The lowest BCUT2D eigenvalue weighted by Gasteiger charge is -2.42. The first-order valence-electron chi connectivity index (χ1n) is 10.5. The Hall–Kier alpha value is -2.90. The van der Waals surface area contributed by atoms with Crippen LogP contribution in [0.25, 0.3) is 0 Å². The topological polar surface area (TPSA) is 47.6 Å². The molecule has 3 aromatic rings. The minimum atomic E-state index is -0.214. The highest BCUT2D eigenvalue weighted by Gasteiger charge is 2.31. The number of para-hydroxylation sites is 1. The van der Waals surface area contributed by atoms with E-state index < -0.39 is 0 Å². The first kappa shape index (κ1) is 21.3. The Balaban J connectivity index is 1.41. The van der Waals surface area contributed by atoms with Crippen molar-refractivity contribution in [2.24, 2.45) is 0 Å². The summed E-state index contributed by atoms with van der Waals surface area (Å²) in [5.74, 6) is -0.214. The number of urea groups is 1. The summed E-state index contributed by atoms with van der Waals surface area (Å²) in [6.45, 7) is 5.51. The van der Waals surface area contributed by atoms with E-state index in [0.717, 1.165) is 37.6 Å². The molecule has 0 radical (unpaired) electrons. The summed E-state index contributed by atoms with van der Waals surface area (Å²) in [5, 5.41) is 8.11. The Kier molecular flexibility index (Phi) is 6.84. The van der Waals surface area contributed by atoms with Gasteiger partial charge in [0.1, 0.15) is 5.82 Å². The lowest BCUT2D eigenvalue weighted by molar-refractivity contribution is 0.157. The Morgan fingerprint density at radius 2 is 1.68 bits per heavy atom. The molecule has 0 unspecified atom stereocenters. The van der Waals surface area contributed by atoms with Crippen molar-refractivity contribution < 1.29 is 9.18 Å². The molecule has 2 heterocycles. The highest BCUT2D eigenvalue weighted by molar-refractivity contribution is 7.10. The number of carbonyl (C=O) groups is 1. The maximum atomic E-state index is 13.2. The molecular formula is C24H27FN4OS. The number of nitrogens with one attached hydrogen (secondary N) is 2. The molecule has 0 spiro atoms. The normalized spacial score (nSPS) is 16.5. The number of thiophene rings is 1. The van der Waals surface area contributed by atoms with E-state index in [2.05, 4.69) is 44.9 Å². The Morgan fingerprint density at radius 3 is 2.32 bits per heavy atom. The third-order valence-electron chi connectivity index (χ3n) is 5.60. The van der Waals surface area contributed by atoms with E-state index >= 15 is 0 Å². The third-order valence-corrected chi connectivity index (χ3v) is 6.54. The van der Waals surface area contributed by atoms with Crippen LogP contribution in [0.4, 0.5) is 20.6 Å². The van der Waals surface area contributed by atoms with Crippen LogP contribution in [0.15, 0.2) is 72.1 Å². The van der Waals surface area contributed by atoms with Crippen molar-refractivity contribution in [1.82, 2.24) is 10.2 Å². The second kappa shape index (κ2) is 9.94. The summed E-state index contributed by atoms with van der Waals surface area (Å²) in [6.07, 6.45) is 0. The average Bonchev–Trinajstić information content (AvgIpc) is 3.30. The van der Waals surface area contributed by atoms with E-state index in [1.807, 2.05) is 42.5 Å². The van der Waals surface area contributed by atoms with Gasteiger partial charge in [-0.3, -0.25) is 4.90 Å². The number of halogens is 1. The monoisotopic (exact) mass is 438 g/mol. The summed E-state index contributed by atoms with van der Waals surface area (Å²) in [6, 6.07) is 20.1. The Labute approximate surface area is 186 Å². The first-order chi connectivity index (χ1) is 15.1. The van der Waals surface area contributed by atoms with Crippen molar-refractivity contribution >= 4 is 28.7 Å². The van der Waals surface area contributed by atoms with Crippen LogP contribution in [-0.2, 0) is 0 Å². The molecule has 162 valence electrons. The van der Waals surface area contributed by atoms with Crippen molar-refractivity contribution in [3.8, 4) is 0 Å². The number of benzene rings is 2. The third kappa shape index (κ3) is 5.42. The largest absolute Gasteiger partial charge is 0.369 e. The van der Waals surface area contributed by atoms with E-state index in [1.54, 1.807) is 11.3 Å². The Morgan fingerprint density at radius 1 is 0.968 bits per heavy atom. The van der Waals surface area contributed by atoms with Crippen molar-refractivity contribution in [3.05, 3.63) is 82.8 Å². The van der Waals surface area contributed by atoms with Gasteiger partial charge in [0.05, 0.1) is 6.04 Å². The van der Waals surface area contributed by atoms with Gasteiger partial charge in [-0.05, 0) is 54.8 Å². The molecule has 4 rings (SSSR count). The first-order valence-corrected chi connectivity index (χ1v) is 11.4. The minimum Gasteiger partial charge on any atom is -0.369 e. The number of carbonyl (C=O) groups excluding carboxylic acids is 1. The van der Waals surface area contributed by atoms with Crippen LogP contribution >= 0.6 is 11.3 Å². The molecule has 1 aliphatic rings. The molecule has 5 nitrogen and oxygen atoms in total. The van der Waals surface area contributed by atoms with Gasteiger partial charge in [0, 0.05) is 48.5 Å². The molecule has 1 fully saturated rings. The predicted octanol–water partition coefficient (Wildman–Crippen LogP) is 4.96. The number of hydrogen-bond donors (Lipinski definition) is 2. The fraction of sp³-hybridized carbons (Fsp3) is 0.292. The van der Waals surface area contributed by atoms with Crippen LogP contribution in [0.2, 0.25) is 0 Å². The van der Waals surface area contributed by atoms with Gasteiger partial charge in [-0.25, -0.2) is 9.18 Å². The molecule has 0 saturated carbocycles. The number of nitrogens with zero attached hydrogens (tertiary/aromatic N) is 2. The standard InChI is InChI=1S/C24H27FN4OS/c1-18(26-24(30)27-20-6-3-2-4-7-20)23(22-8-5-17-31-22)29-15-13-28(14-16-29)21-11-9-19(25)10-12-21/h2-12,17-18,23H,13-16H2,1H3,(H2,26,27,30)/t18-,23-/m1/s1. The summed E-state index contributed by atoms with van der Waals surface area (Å²) >= 11 is 1.71. The number of rotatable bonds is 6. The lowest BCUT2D eigenvalue weighted by atomic mass is 10.0. The second-order valence-corrected chi connectivity index (χ2v) is 8.69. The number of hydrogen-bond acceptors (Lipinski definition) is 4. The summed E-state index contributed by atoms with van der Waals surface area (Å²) in [4.78, 5) is 18.5. The summed E-state index contributed by atoms with van der Waals surface area (Å²) < 4.78 is 13.2. The Bertz CT molecular complexity index is 957. The van der Waals surface area contributed by atoms with Crippen molar-refractivity contribution in [1.29, 1.82) is 0 Å². The number of amides is 2. The molecule has 2 amide bonds. The SMILES string of the molecule is C[C@@H](NC(=O)Nc1ccccc1)[C@H](c1cccs1)N1CCN(c2ccc(F)cc2)CC1. The van der Waals surface area contributed by atoms with Gasteiger partial charge in [0.15, 0.2) is 0 Å². The van der Waals surface area contributed by atoms with Crippen LogP contribution in [0.5, 0.6) is 0 Å². The molecule has 2 atom stereocenters. The van der Waals surface area contributed by atoms with Crippen molar-refractivity contribution in [3.63, 3.8) is 0 Å². The maximum absolute atomic E-state index is 13.2. The number of piperazine rings is 1. The molecule has 0 bridgehead atoms. The molecular weight excluding hydrogens is 411 g/mol. The van der Waals surface area contributed by atoms with Crippen LogP contribution in [0.3, 0.4) is 0 Å². The molecule has 1 saturated heterocycles. The van der Waals surface area contributed by atoms with E-state index in [1.165, 1.54) is 17.0 Å². The van der Waals surface area contributed by atoms with Gasteiger partial charge < -0.3 is 15.5 Å². The summed E-state index contributed by atoms with van der Waals surface area (Å²) in [7, 11) is 0. The molecule has 1 aliphatic heterocycles. The molecule has 31 heavy (non-hydrogen) atoms. The van der Waals surface area contributed by atoms with E-state index in [9.17, 15) is 9.18 Å². The average molecular weight is 439 g/mol. The van der Waals surface area contributed by atoms with E-state index in [4.69, 9.17) is 0 Å².